The molecule has 0 aliphatic rings. The van der Waals surface area contributed by atoms with Gasteiger partial charge in [0, 0.05) is 12.8 Å². The minimum absolute atomic E-state index is 0.0333. The summed E-state index contributed by atoms with van der Waals surface area (Å²) in [7, 11) is 1.48. The SMILES string of the molecule is CCCCCCCC/C=C\CCCCCCCCCC(=O)OC(COC(=O)CCCCCCCCC)COP(=O)(O)OCC[N+](C)(C)C. The second-order valence-corrected chi connectivity index (χ2v) is 15.8. The fourth-order valence-corrected chi connectivity index (χ4v) is 5.93. The van der Waals surface area contributed by atoms with E-state index >= 15 is 0 Å². The third-order valence-corrected chi connectivity index (χ3v) is 9.28. The number of hydrogen-bond acceptors (Lipinski definition) is 7. The standard InChI is InChI=1S/C38H74NO8P/c1-6-8-10-12-14-15-16-17-18-19-20-21-22-23-25-27-29-31-38(41)47-36(35-46-48(42,43)45-33-32-39(3,4)5)34-44-37(40)30-28-26-24-13-11-9-7-2/h17-18,36H,6-16,19-35H2,1-5H3/p+1/b18-17-. The molecule has 2 atom stereocenters. The number of esters is 2. The Morgan fingerprint density at radius 1 is 0.625 bits per heavy atom. The van der Waals surface area contributed by atoms with Crippen LogP contribution >= 0.6 is 7.82 Å². The van der Waals surface area contributed by atoms with Gasteiger partial charge in [-0.3, -0.25) is 18.6 Å². The van der Waals surface area contributed by atoms with Crippen molar-refractivity contribution >= 4 is 19.8 Å². The van der Waals surface area contributed by atoms with Crippen molar-refractivity contribution in [1.29, 1.82) is 0 Å². The molecular formula is C38H75NO8P+. The number of likely N-dealkylation sites (N-methyl/N-ethyl adjacent to an activating group) is 1. The molecule has 0 saturated carbocycles. The van der Waals surface area contributed by atoms with Gasteiger partial charge in [-0.25, -0.2) is 4.57 Å². The van der Waals surface area contributed by atoms with Crippen LogP contribution in [0, 0.1) is 0 Å². The first kappa shape index (κ1) is 46.8. The van der Waals surface area contributed by atoms with E-state index in [1.54, 1.807) is 0 Å². The van der Waals surface area contributed by atoms with Gasteiger partial charge in [-0.1, -0.05) is 129 Å². The molecule has 0 aromatic carbocycles. The van der Waals surface area contributed by atoms with E-state index in [0.717, 1.165) is 44.9 Å². The van der Waals surface area contributed by atoms with E-state index in [4.69, 9.17) is 18.5 Å². The van der Waals surface area contributed by atoms with Crippen LogP contribution in [-0.4, -0.2) is 74.9 Å². The third-order valence-electron chi connectivity index (χ3n) is 8.30. The van der Waals surface area contributed by atoms with Crippen LogP contribution in [0.5, 0.6) is 0 Å². The number of carbonyl (C=O) groups is 2. The molecule has 0 bridgehead atoms. The number of carbonyl (C=O) groups excluding carboxylic acids is 2. The van der Waals surface area contributed by atoms with Gasteiger partial charge >= 0.3 is 19.8 Å². The maximum atomic E-state index is 12.6. The average Bonchev–Trinajstić information content (AvgIpc) is 3.02. The highest BCUT2D eigenvalue weighted by atomic mass is 31.2. The summed E-state index contributed by atoms with van der Waals surface area (Å²) in [5.74, 6) is -0.807. The van der Waals surface area contributed by atoms with Crippen LogP contribution < -0.4 is 0 Å². The number of allylic oxidation sites excluding steroid dienone is 2. The zero-order chi connectivity index (χ0) is 35.8. The number of quaternary nitrogens is 1. The Labute approximate surface area is 295 Å². The second kappa shape index (κ2) is 31.7. The van der Waals surface area contributed by atoms with Gasteiger partial charge in [-0.2, -0.15) is 0 Å². The maximum absolute atomic E-state index is 12.6. The lowest BCUT2D eigenvalue weighted by Gasteiger charge is -2.24. The predicted octanol–water partition coefficient (Wildman–Crippen LogP) is 10.2. The second-order valence-electron chi connectivity index (χ2n) is 14.3. The van der Waals surface area contributed by atoms with Crippen LogP contribution in [0.4, 0.5) is 0 Å². The molecule has 0 aromatic heterocycles. The van der Waals surface area contributed by atoms with Gasteiger partial charge in [0.15, 0.2) is 6.10 Å². The van der Waals surface area contributed by atoms with E-state index in [2.05, 4.69) is 26.0 Å². The lowest BCUT2D eigenvalue weighted by atomic mass is 10.1. The Balaban J connectivity index is 4.33. The van der Waals surface area contributed by atoms with E-state index in [1.165, 1.54) is 89.9 Å². The monoisotopic (exact) mass is 705 g/mol. The number of rotatable bonds is 35. The summed E-state index contributed by atoms with van der Waals surface area (Å²) in [5, 5.41) is 0. The fourth-order valence-electron chi connectivity index (χ4n) is 5.18. The summed E-state index contributed by atoms with van der Waals surface area (Å²) in [6.45, 7) is 4.36. The molecule has 10 heteroatoms. The van der Waals surface area contributed by atoms with E-state index in [-0.39, 0.29) is 32.0 Å². The third kappa shape index (κ3) is 34.6. The van der Waals surface area contributed by atoms with E-state index in [0.29, 0.717) is 17.4 Å². The number of hydrogen-bond donors (Lipinski definition) is 1. The van der Waals surface area contributed by atoms with Gasteiger partial charge in [0.1, 0.15) is 19.8 Å². The molecule has 0 aromatic rings. The van der Waals surface area contributed by atoms with Crippen molar-refractivity contribution in [2.45, 2.75) is 174 Å². The van der Waals surface area contributed by atoms with Crippen LogP contribution in [0.2, 0.25) is 0 Å². The molecule has 0 heterocycles. The van der Waals surface area contributed by atoms with Crippen molar-refractivity contribution in [2.24, 2.45) is 0 Å². The predicted molar refractivity (Wildman–Crippen MR) is 197 cm³/mol. The summed E-state index contributed by atoms with van der Waals surface area (Å²) in [5.41, 5.74) is 0. The Morgan fingerprint density at radius 3 is 1.54 bits per heavy atom. The van der Waals surface area contributed by atoms with Crippen LogP contribution in [-0.2, 0) is 32.7 Å². The quantitative estimate of drug-likeness (QED) is 0.0228. The first-order valence-electron chi connectivity index (χ1n) is 19.4. The first-order chi connectivity index (χ1) is 23.0. The molecule has 1 N–H and O–H groups in total. The molecule has 0 fully saturated rings. The minimum atomic E-state index is -4.36. The van der Waals surface area contributed by atoms with Crippen molar-refractivity contribution in [2.75, 3.05) is 47.5 Å². The first-order valence-corrected chi connectivity index (χ1v) is 20.9. The van der Waals surface area contributed by atoms with Crippen LogP contribution in [0.1, 0.15) is 168 Å². The molecule has 0 rings (SSSR count). The minimum Gasteiger partial charge on any atom is -0.462 e. The van der Waals surface area contributed by atoms with Gasteiger partial charge in [0.25, 0.3) is 0 Å². The number of nitrogens with zero attached hydrogens (tertiary/aromatic N) is 1. The molecule has 0 aliphatic carbocycles. The van der Waals surface area contributed by atoms with Gasteiger partial charge in [0.2, 0.25) is 0 Å². The molecule has 0 aliphatic heterocycles. The zero-order valence-corrected chi connectivity index (χ0v) is 32.6. The highest BCUT2D eigenvalue weighted by Crippen LogP contribution is 2.43. The molecular weight excluding hydrogens is 629 g/mol. The topological polar surface area (TPSA) is 108 Å². The summed E-state index contributed by atoms with van der Waals surface area (Å²) in [4.78, 5) is 35.0. The Bertz CT molecular complexity index is 845. The largest absolute Gasteiger partial charge is 0.472 e. The Kier molecular flexibility index (Phi) is 30.9. The van der Waals surface area contributed by atoms with E-state index in [9.17, 15) is 19.0 Å². The van der Waals surface area contributed by atoms with Gasteiger partial charge in [-0.15, -0.1) is 0 Å². The van der Waals surface area contributed by atoms with Crippen LogP contribution in [0.15, 0.2) is 12.2 Å². The van der Waals surface area contributed by atoms with Crippen molar-refractivity contribution in [3.63, 3.8) is 0 Å². The average molecular weight is 705 g/mol. The zero-order valence-electron chi connectivity index (χ0n) is 31.7. The van der Waals surface area contributed by atoms with Gasteiger partial charge in [0.05, 0.1) is 27.7 Å². The highest BCUT2D eigenvalue weighted by molar-refractivity contribution is 7.47. The highest BCUT2D eigenvalue weighted by Gasteiger charge is 2.27. The van der Waals surface area contributed by atoms with E-state index < -0.39 is 26.5 Å². The van der Waals surface area contributed by atoms with Crippen molar-refractivity contribution < 1.29 is 42.1 Å². The fraction of sp³-hybridized carbons (Fsp3) is 0.895. The van der Waals surface area contributed by atoms with E-state index in [1.807, 2.05) is 21.1 Å². The molecule has 0 amide bonds. The lowest BCUT2D eigenvalue weighted by Crippen LogP contribution is -2.37. The molecule has 284 valence electrons. The summed E-state index contributed by atoms with van der Waals surface area (Å²) < 4.78 is 34.1. The molecule has 0 saturated heterocycles. The van der Waals surface area contributed by atoms with Crippen molar-refractivity contribution in [3.05, 3.63) is 12.2 Å². The number of phosphoric acid groups is 1. The summed E-state index contributed by atoms with van der Waals surface area (Å²) in [6.07, 6.45) is 29.9. The normalized spacial score (nSPS) is 13.9. The van der Waals surface area contributed by atoms with Crippen molar-refractivity contribution in [1.82, 2.24) is 0 Å². The molecule has 2 unspecified atom stereocenters. The van der Waals surface area contributed by atoms with Crippen molar-refractivity contribution in [3.8, 4) is 0 Å². The van der Waals surface area contributed by atoms with Gasteiger partial charge < -0.3 is 18.9 Å². The molecule has 0 radical (unpaired) electrons. The van der Waals surface area contributed by atoms with Crippen LogP contribution in [0.25, 0.3) is 0 Å². The van der Waals surface area contributed by atoms with Gasteiger partial charge in [-0.05, 0) is 38.5 Å². The smallest absolute Gasteiger partial charge is 0.462 e. The number of ether oxygens (including phenoxy) is 2. The molecule has 9 nitrogen and oxygen atoms in total. The molecule has 0 spiro atoms. The number of phosphoric ester groups is 1. The Morgan fingerprint density at radius 2 is 1.06 bits per heavy atom. The lowest BCUT2D eigenvalue weighted by molar-refractivity contribution is -0.870. The Hall–Kier alpha value is -1.25. The summed E-state index contributed by atoms with van der Waals surface area (Å²) in [6, 6.07) is 0. The summed E-state index contributed by atoms with van der Waals surface area (Å²) >= 11 is 0. The maximum Gasteiger partial charge on any atom is 0.472 e. The number of unbranched alkanes of at least 4 members (excludes halogenated alkanes) is 19. The molecule has 48 heavy (non-hydrogen) atoms. The van der Waals surface area contributed by atoms with Crippen LogP contribution in [0.3, 0.4) is 0 Å².